The Morgan fingerprint density at radius 2 is 2.00 bits per heavy atom. The molecule has 0 saturated carbocycles. The Balaban J connectivity index is 1.84. The molecule has 3 nitrogen and oxygen atoms in total. The molecule has 2 aromatic rings. The molecule has 19 heavy (non-hydrogen) atoms. The van der Waals surface area contributed by atoms with E-state index in [-0.39, 0.29) is 5.91 Å². The molecule has 0 spiro atoms. The van der Waals surface area contributed by atoms with Gasteiger partial charge in [0.15, 0.2) is 0 Å². The number of halogens is 1. The lowest BCUT2D eigenvalue weighted by Crippen LogP contribution is -2.36. The maximum absolute atomic E-state index is 12.4. The van der Waals surface area contributed by atoms with Crippen LogP contribution >= 0.6 is 11.6 Å². The molecule has 1 aliphatic heterocycles. The minimum Gasteiger partial charge on any atom is -0.334 e. The van der Waals surface area contributed by atoms with Gasteiger partial charge in [0.25, 0.3) is 5.91 Å². The van der Waals surface area contributed by atoms with Crippen LogP contribution in [0.15, 0.2) is 42.6 Å². The van der Waals surface area contributed by atoms with Gasteiger partial charge < -0.3 is 4.90 Å². The molecule has 0 unspecified atom stereocenters. The fourth-order valence-corrected chi connectivity index (χ4v) is 2.53. The van der Waals surface area contributed by atoms with E-state index in [1.807, 2.05) is 47.5 Å². The predicted molar refractivity (Wildman–Crippen MR) is 74.1 cm³/mol. The molecule has 0 fully saturated rings. The second-order valence-electron chi connectivity index (χ2n) is 4.62. The Bertz CT molecular complexity index is 613. The van der Waals surface area contributed by atoms with Crippen molar-refractivity contribution in [1.29, 1.82) is 0 Å². The maximum Gasteiger partial charge on any atom is 0.254 e. The molecule has 0 N–H and O–H groups in total. The van der Waals surface area contributed by atoms with Crippen LogP contribution in [-0.2, 0) is 13.0 Å². The largest absolute Gasteiger partial charge is 0.334 e. The zero-order valence-electron chi connectivity index (χ0n) is 10.3. The van der Waals surface area contributed by atoms with Crippen LogP contribution in [0.1, 0.15) is 21.5 Å². The van der Waals surface area contributed by atoms with E-state index in [1.54, 1.807) is 0 Å². The Morgan fingerprint density at radius 3 is 2.79 bits per heavy atom. The molecule has 1 amide bonds. The van der Waals surface area contributed by atoms with Crippen molar-refractivity contribution in [3.05, 3.63) is 64.4 Å². The summed E-state index contributed by atoms with van der Waals surface area (Å²) >= 11 is 5.91. The van der Waals surface area contributed by atoms with Gasteiger partial charge in [-0.05, 0) is 35.7 Å². The van der Waals surface area contributed by atoms with Crippen molar-refractivity contribution >= 4 is 17.5 Å². The molecule has 96 valence electrons. The highest BCUT2D eigenvalue weighted by Gasteiger charge is 2.21. The van der Waals surface area contributed by atoms with E-state index in [0.717, 1.165) is 24.1 Å². The predicted octanol–water partition coefficient (Wildman–Crippen LogP) is 2.93. The Hall–Kier alpha value is -1.87. The van der Waals surface area contributed by atoms with Crippen molar-refractivity contribution in [2.75, 3.05) is 6.54 Å². The van der Waals surface area contributed by atoms with Crippen LogP contribution in [0, 0.1) is 0 Å². The summed E-state index contributed by atoms with van der Waals surface area (Å²) in [7, 11) is 0. The SMILES string of the molecule is O=C(c1ccccc1)N1CCc2cnc(Cl)cc2C1. The number of carbonyl (C=O) groups excluding carboxylic acids is 1. The van der Waals surface area contributed by atoms with Gasteiger partial charge in [0.1, 0.15) is 5.15 Å². The van der Waals surface area contributed by atoms with Crippen LogP contribution in [0.2, 0.25) is 5.15 Å². The summed E-state index contributed by atoms with van der Waals surface area (Å²) in [5, 5.41) is 0.479. The number of nitrogens with zero attached hydrogens (tertiary/aromatic N) is 2. The van der Waals surface area contributed by atoms with Crippen molar-refractivity contribution in [1.82, 2.24) is 9.88 Å². The molecule has 0 radical (unpaired) electrons. The standard InChI is InChI=1S/C15H13ClN2O/c16-14-8-13-10-18(7-6-12(13)9-17-14)15(19)11-4-2-1-3-5-11/h1-5,8-9H,6-7,10H2. The van der Waals surface area contributed by atoms with E-state index < -0.39 is 0 Å². The number of carbonyl (C=O) groups is 1. The van der Waals surface area contributed by atoms with Gasteiger partial charge in [-0.3, -0.25) is 4.79 Å². The van der Waals surface area contributed by atoms with Gasteiger partial charge in [-0.2, -0.15) is 0 Å². The summed E-state index contributed by atoms with van der Waals surface area (Å²) in [5.41, 5.74) is 3.00. The first-order valence-corrected chi connectivity index (χ1v) is 6.59. The van der Waals surface area contributed by atoms with E-state index in [1.165, 1.54) is 5.56 Å². The molecule has 1 aromatic carbocycles. The third-order valence-corrected chi connectivity index (χ3v) is 3.58. The van der Waals surface area contributed by atoms with Gasteiger partial charge in [0.2, 0.25) is 0 Å². The zero-order valence-corrected chi connectivity index (χ0v) is 11.1. The van der Waals surface area contributed by atoms with Crippen LogP contribution in [0.4, 0.5) is 0 Å². The topological polar surface area (TPSA) is 33.2 Å². The third-order valence-electron chi connectivity index (χ3n) is 3.37. The maximum atomic E-state index is 12.4. The number of hydrogen-bond acceptors (Lipinski definition) is 2. The number of fused-ring (bicyclic) bond motifs is 1. The van der Waals surface area contributed by atoms with Crippen molar-refractivity contribution in [3.8, 4) is 0 Å². The van der Waals surface area contributed by atoms with Crippen LogP contribution in [0.3, 0.4) is 0 Å². The van der Waals surface area contributed by atoms with Crippen molar-refractivity contribution < 1.29 is 4.79 Å². The third kappa shape index (κ3) is 2.47. The highest BCUT2D eigenvalue weighted by molar-refractivity contribution is 6.29. The molecule has 0 aliphatic carbocycles. The normalized spacial score (nSPS) is 14.1. The second kappa shape index (κ2) is 5.02. The van der Waals surface area contributed by atoms with Crippen molar-refractivity contribution in [2.45, 2.75) is 13.0 Å². The van der Waals surface area contributed by atoms with Gasteiger partial charge in [0.05, 0.1) is 0 Å². The summed E-state index contributed by atoms with van der Waals surface area (Å²) in [4.78, 5) is 18.3. The minimum absolute atomic E-state index is 0.0687. The lowest BCUT2D eigenvalue weighted by atomic mass is 10.0. The van der Waals surface area contributed by atoms with Crippen molar-refractivity contribution in [2.24, 2.45) is 0 Å². The smallest absolute Gasteiger partial charge is 0.254 e. The Morgan fingerprint density at radius 1 is 1.21 bits per heavy atom. The average molecular weight is 273 g/mol. The second-order valence-corrected chi connectivity index (χ2v) is 5.01. The quantitative estimate of drug-likeness (QED) is 0.748. The molecular formula is C15H13ClN2O. The zero-order chi connectivity index (χ0) is 13.2. The van der Waals surface area contributed by atoms with E-state index in [9.17, 15) is 4.79 Å². The molecular weight excluding hydrogens is 260 g/mol. The lowest BCUT2D eigenvalue weighted by molar-refractivity contribution is 0.0734. The molecule has 0 saturated heterocycles. The van der Waals surface area contributed by atoms with Crippen molar-refractivity contribution in [3.63, 3.8) is 0 Å². The number of aromatic nitrogens is 1. The number of rotatable bonds is 1. The molecule has 3 rings (SSSR count). The first-order chi connectivity index (χ1) is 9.24. The first kappa shape index (κ1) is 12.2. The van der Waals surface area contributed by atoms with Gasteiger partial charge in [0, 0.05) is 24.8 Å². The van der Waals surface area contributed by atoms with Gasteiger partial charge in [-0.15, -0.1) is 0 Å². The van der Waals surface area contributed by atoms with E-state index in [0.29, 0.717) is 11.7 Å². The van der Waals surface area contributed by atoms with Gasteiger partial charge in [-0.1, -0.05) is 29.8 Å². The summed E-state index contributed by atoms with van der Waals surface area (Å²) in [6, 6.07) is 11.2. The summed E-state index contributed by atoms with van der Waals surface area (Å²) in [5.74, 6) is 0.0687. The molecule has 1 aromatic heterocycles. The summed E-state index contributed by atoms with van der Waals surface area (Å²) < 4.78 is 0. The first-order valence-electron chi connectivity index (χ1n) is 6.21. The Kier molecular flexibility index (Phi) is 3.22. The van der Waals surface area contributed by atoms with Crippen LogP contribution in [0.5, 0.6) is 0 Å². The Labute approximate surface area is 116 Å². The van der Waals surface area contributed by atoms with E-state index >= 15 is 0 Å². The fourth-order valence-electron chi connectivity index (χ4n) is 2.35. The summed E-state index contributed by atoms with van der Waals surface area (Å²) in [6.45, 7) is 1.33. The van der Waals surface area contributed by atoms with E-state index in [4.69, 9.17) is 11.6 Å². The number of pyridine rings is 1. The summed E-state index contributed by atoms with van der Waals surface area (Å²) in [6.07, 6.45) is 2.64. The van der Waals surface area contributed by atoms with E-state index in [2.05, 4.69) is 4.98 Å². The highest BCUT2D eigenvalue weighted by atomic mass is 35.5. The highest BCUT2D eigenvalue weighted by Crippen LogP contribution is 2.22. The van der Waals surface area contributed by atoms with Gasteiger partial charge >= 0.3 is 0 Å². The van der Waals surface area contributed by atoms with Crippen LogP contribution in [0.25, 0.3) is 0 Å². The lowest BCUT2D eigenvalue weighted by Gasteiger charge is -2.28. The number of amides is 1. The molecule has 2 heterocycles. The molecule has 4 heteroatoms. The van der Waals surface area contributed by atoms with Gasteiger partial charge in [-0.25, -0.2) is 4.98 Å². The average Bonchev–Trinajstić information content (AvgIpc) is 2.46. The van der Waals surface area contributed by atoms with Crippen LogP contribution < -0.4 is 0 Å². The molecule has 1 aliphatic rings. The molecule has 0 atom stereocenters. The minimum atomic E-state index is 0.0687. The fraction of sp³-hybridized carbons (Fsp3) is 0.200. The monoisotopic (exact) mass is 272 g/mol. The molecule has 0 bridgehead atoms. The number of hydrogen-bond donors (Lipinski definition) is 0. The van der Waals surface area contributed by atoms with Crippen LogP contribution in [-0.4, -0.2) is 22.3 Å². The number of benzene rings is 1.